The second-order valence-electron chi connectivity index (χ2n) is 6.38. The van der Waals surface area contributed by atoms with Crippen molar-refractivity contribution in [2.75, 3.05) is 13.7 Å². The van der Waals surface area contributed by atoms with Crippen LogP contribution in [0.5, 0.6) is 5.75 Å². The van der Waals surface area contributed by atoms with E-state index in [9.17, 15) is 4.79 Å². The summed E-state index contributed by atoms with van der Waals surface area (Å²) in [5.74, 6) is 1.54. The number of carbonyl (C=O) groups excluding carboxylic acids is 1. The molecule has 1 amide bonds. The Balaban J connectivity index is 1.56. The molecule has 0 aliphatic heterocycles. The molecule has 0 radical (unpaired) electrons. The van der Waals surface area contributed by atoms with Crippen molar-refractivity contribution in [3.8, 4) is 17.1 Å². The van der Waals surface area contributed by atoms with Crippen LogP contribution >= 0.6 is 11.8 Å². The largest absolute Gasteiger partial charge is 0.497 e. The molecular weight excluding hydrogens is 372 g/mol. The lowest BCUT2D eigenvalue weighted by molar-refractivity contribution is -0.120. The van der Waals surface area contributed by atoms with Gasteiger partial charge in [0.05, 0.1) is 12.4 Å². The smallest absolute Gasteiger partial charge is 0.233 e. The highest BCUT2D eigenvalue weighted by Crippen LogP contribution is 2.26. The first-order valence-corrected chi connectivity index (χ1v) is 9.98. The van der Waals surface area contributed by atoms with Gasteiger partial charge in [0.25, 0.3) is 0 Å². The fourth-order valence-corrected chi connectivity index (χ4v) is 3.58. The Morgan fingerprint density at radius 3 is 2.54 bits per heavy atom. The SMILES string of the molecule is COc1ccc(-c2nnc(SC(C)C(=O)NCCc3ccccc3)n2C)cc1. The van der Waals surface area contributed by atoms with Gasteiger partial charge in [0, 0.05) is 19.2 Å². The molecule has 3 aromatic rings. The molecule has 146 valence electrons. The van der Waals surface area contributed by atoms with Crippen LogP contribution in [-0.4, -0.2) is 39.6 Å². The molecule has 6 nitrogen and oxygen atoms in total. The Morgan fingerprint density at radius 1 is 1.14 bits per heavy atom. The Bertz CT molecular complexity index is 910. The predicted molar refractivity (Wildman–Crippen MR) is 111 cm³/mol. The van der Waals surface area contributed by atoms with E-state index in [0.717, 1.165) is 23.6 Å². The molecule has 1 heterocycles. The summed E-state index contributed by atoms with van der Waals surface area (Å²) in [5, 5.41) is 12.0. The normalized spacial score (nSPS) is 11.8. The van der Waals surface area contributed by atoms with Gasteiger partial charge in [-0.1, -0.05) is 42.1 Å². The molecule has 3 rings (SSSR count). The van der Waals surface area contributed by atoms with Gasteiger partial charge in [-0.25, -0.2) is 0 Å². The van der Waals surface area contributed by atoms with Crippen LogP contribution in [0.25, 0.3) is 11.4 Å². The molecule has 0 aliphatic carbocycles. The Kier molecular flexibility index (Phi) is 6.71. The van der Waals surface area contributed by atoms with Crippen LogP contribution < -0.4 is 10.1 Å². The van der Waals surface area contributed by atoms with Gasteiger partial charge in [0.2, 0.25) is 5.91 Å². The van der Waals surface area contributed by atoms with Crippen molar-refractivity contribution in [3.05, 3.63) is 60.2 Å². The average Bonchev–Trinajstić information content (AvgIpc) is 3.09. The zero-order valence-corrected chi connectivity index (χ0v) is 17.1. The van der Waals surface area contributed by atoms with Crippen molar-refractivity contribution in [1.29, 1.82) is 0 Å². The maximum Gasteiger partial charge on any atom is 0.233 e. The van der Waals surface area contributed by atoms with Crippen LogP contribution in [0.1, 0.15) is 12.5 Å². The van der Waals surface area contributed by atoms with Crippen LogP contribution in [0, 0.1) is 0 Å². The summed E-state index contributed by atoms with van der Waals surface area (Å²) in [6.45, 7) is 2.49. The molecule has 0 saturated carbocycles. The lowest BCUT2D eigenvalue weighted by Crippen LogP contribution is -2.32. The van der Waals surface area contributed by atoms with Crippen LogP contribution in [0.3, 0.4) is 0 Å². The lowest BCUT2D eigenvalue weighted by Gasteiger charge is -2.12. The van der Waals surface area contributed by atoms with Crippen LogP contribution in [-0.2, 0) is 18.3 Å². The van der Waals surface area contributed by atoms with Gasteiger partial charge >= 0.3 is 0 Å². The third-order valence-electron chi connectivity index (χ3n) is 4.39. The number of ether oxygens (including phenoxy) is 1. The molecule has 0 saturated heterocycles. The van der Waals surface area contributed by atoms with E-state index >= 15 is 0 Å². The van der Waals surface area contributed by atoms with Gasteiger partial charge in [0.15, 0.2) is 11.0 Å². The van der Waals surface area contributed by atoms with E-state index in [1.165, 1.54) is 17.3 Å². The lowest BCUT2D eigenvalue weighted by atomic mass is 10.1. The second-order valence-corrected chi connectivity index (χ2v) is 7.69. The number of benzene rings is 2. The fraction of sp³-hybridized carbons (Fsp3) is 0.286. The number of aromatic nitrogens is 3. The number of hydrogen-bond donors (Lipinski definition) is 1. The molecule has 2 aromatic carbocycles. The summed E-state index contributed by atoms with van der Waals surface area (Å²) >= 11 is 1.40. The van der Waals surface area contributed by atoms with Gasteiger partial charge in [-0.15, -0.1) is 10.2 Å². The minimum absolute atomic E-state index is 0.00470. The number of rotatable bonds is 8. The van der Waals surface area contributed by atoms with Crippen LogP contribution in [0.2, 0.25) is 0 Å². The molecule has 28 heavy (non-hydrogen) atoms. The minimum atomic E-state index is -0.262. The van der Waals surface area contributed by atoms with E-state index in [1.54, 1.807) is 7.11 Å². The second kappa shape index (κ2) is 9.41. The first-order chi connectivity index (χ1) is 13.6. The van der Waals surface area contributed by atoms with Crippen molar-refractivity contribution in [2.45, 2.75) is 23.8 Å². The molecule has 1 unspecified atom stereocenters. The van der Waals surface area contributed by atoms with E-state index in [1.807, 2.05) is 61.0 Å². The van der Waals surface area contributed by atoms with Crippen LogP contribution in [0.4, 0.5) is 0 Å². The quantitative estimate of drug-likeness (QED) is 0.592. The molecule has 1 N–H and O–H groups in total. The molecule has 1 aromatic heterocycles. The summed E-state index contributed by atoms with van der Waals surface area (Å²) in [6.07, 6.45) is 0.815. The van der Waals surface area contributed by atoms with Crippen molar-refractivity contribution >= 4 is 17.7 Å². The van der Waals surface area contributed by atoms with Gasteiger partial charge in [-0.3, -0.25) is 4.79 Å². The summed E-state index contributed by atoms with van der Waals surface area (Å²) in [6, 6.07) is 17.8. The zero-order chi connectivity index (χ0) is 19.9. The third kappa shape index (κ3) is 4.92. The van der Waals surface area contributed by atoms with Crippen molar-refractivity contribution in [2.24, 2.45) is 7.05 Å². The van der Waals surface area contributed by atoms with Gasteiger partial charge in [-0.05, 0) is 43.2 Å². The minimum Gasteiger partial charge on any atom is -0.497 e. The van der Waals surface area contributed by atoms with Crippen LogP contribution in [0.15, 0.2) is 59.8 Å². The molecule has 0 bridgehead atoms. The molecule has 7 heteroatoms. The highest BCUT2D eigenvalue weighted by atomic mass is 32.2. The van der Waals surface area contributed by atoms with E-state index in [-0.39, 0.29) is 11.2 Å². The Labute approximate surface area is 169 Å². The van der Waals surface area contributed by atoms with Crippen molar-refractivity contribution < 1.29 is 9.53 Å². The summed E-state index contributed by atoms with van der Waals surface area (Å²) < 4.78 is 7.09. The fourth-order valence-electron chi connectivity index (χ4n) is 2.74. The Hall–Kier alpha value is -2.80. The zero-order valence-electron chi connectivity index (χ0n) is 16.3. The summed E-state index contributed by atoms with van der Waals surface area (Å²) in [7, 11) is 3.54. The number of nitrogens with one attached hydrogen (secondary N) is 1. The molecule has 0 fully saturated rings. The molecule has 1 atom stereocenters. The van der Waals surface area contributed by atoms with Gasteiger partial charge in [0.1, 0.15) is 5.75 Å². The average molecular weight is 397 g/mol. The van der Waals surface area contributed by atoms with E-state index in [2.05, 4.69) is 27.6 Å². The van der Waals surface area contributed by atoms with E-state index < -0.39 is 0 Å². The number of hydrogen-bond acceptors (Lipinski definition) is 5. The first-order valence-electron chi connectivity index (χ1n) is 9.10. The molecule has 0 aliphatic rings. The number of carbonyl (C=O) groups is 1. The summed E-state index contributed by atoms with van der Waals surface area (Å²) in [4.78, 5) is 12.4. The predicted octanol–water partition coefficient (Wildman–Crippen LogP) is 3.33. The van der Waals surface area contributed by atoms with Gasteiger partial charge < -0.3 is 14.6 Å². The maximum absolute atomic E-state index is 12.4. The maximum atomic E-state index is 12.4. The number of nitrogens with zero attached hydrogens (tertiary/aromatic N) is 3. The highest BCUT2D eigenvalue weighted by molar-refractivity contribution is 8.00. The molecular formula is C21H24N4O2S. The standard InChI is InChI=1S/C21H24N4O2S/c1-15(20(26)22-14-13-16-7-5-4-6-8-16)28-21-24-23-19(25(21)2)17-9-11-18(27-3)12-10-17/h4-12,15H,13-14H2,1-3H3,(H,22,26). The Morgan fingerprint density at radius 2 is 1.86 bits per heavy atom. The van der Waals surface area contributed by atoms with E-state index in [0.29, 0.717) is 11.7 Å². The monoisotopic (exact) mass is 396 g/mol. The highest BCUT2D eigenvalue weighted by Gasteiger charge is 2.19. The number of thioether (sulfide) groups is 1. The van der Waals surface area contributed by atoms with E-state index in [4.69, 9.17) is 4.74 Å². The number of amides is 1. The molecule has 0 spiro atoms. The number of methoxy groups -OCH3 is 1. The third-order valence-corrected chi connectivity index (χ3v) is 5.52. The van der Waals surface area contributed by atoms with Crippen molar-refractivity contribution in [3.63, 3.8) is 0 Å². The van der Waals surface area contributed by atoms with Gasteiger partial charge in [-0.2, -0.15) is 0 Å². The van der Waals surface area contributed by atoms with Crippen molar-refractivity contribution in [1.82, 2.24) is 20.1 Å². The summed E-state index contributed by atoms with van der Waals surface area (Å²) in [5.41, 5.74) is 2.16. The first kappa shape index (κ1) is 19.9. The topological polar surface area (TPSA) is 69.0 Å².